The van der Waals surface area contributed by atoms with Crippen LogP contribution in [0, 0.1) is 0 Å². The number of ether oxygens (including phenoxy) is 2. The van der Waals surface area contributed by atoms with Gasteiger partial charge in [-0.3, -0.25) is 0 Å². The van der Waals surface area contributed by atoms with Crippen molar-refractivity contribution in [2.24, 2.45) is 0 Å². The minimum atomic E-state index is -0.278. The van der Waals surface area contributed by atoms with Crippen molar-refractivity contribution in [1.29, 1.82) is 0 Å². The zero-order chi connectivity index (χ0) is 7.40. The van der Waals surface area contributed by atoms with Crippen LogP contribution in [0.15, 0.2) is 0 Å². The van der Waals surface area contributed by atoms with Gasteiger partial charge in [0, 0.05) is 6.61 Å². The number of esters is 1. The molecule has 0 radical (unpaired) electrons. The van der Waals surface area contributed by atoms with E-state index in [2.05, 4.69) is 0 Å². The van der Waals surface area contributed by atoms with E-state index in [0.717, 1.165) is 12.8 Å². The quantitative estimate of drug-likeness (QED) is 0.536. The Hall–Kier alpha value is -0.570. The maximum absolute atomic E-state index is 10.9. The van der Waals surface area contributed by atoms with Crippen LogP contribution in [0.4, 0.5) is 0 Å². The molecule has 0 aromatic heterocycles. The molecule has 0 saturated carbocycles. The Kier molecular flexibility index (Phi) is 2.68. The van der Waals surface area contributed by atoms with Gasteiger partial charge in [-0.15, -0.1) is 0 Å². The number of hydrogen-bond donors (Lipinski definition) is 0. The summed E-state index contributed by atoms with van der Waals surface area (Å²) in [4.78, 5) is 10.9. The molecule has 3 nitrogen and oxygen atoms in total. The van der Waals surface area contributed by atoms with Crippen molar-refractivity contribution >= 4 is 5.97 Å². The van der Waals surface area contributed by atoms with Crippen LogP contribution < -0.4 is 0 Å². The molecule has 1 atom stereocenters. The van der Waals surface area contributed by atoms with Crippen LogP contribution in [0.5, 0.6) is 0 Å². The monoisotopic (exact) mass is 144 g/mol. The second kappa shape index (κ2) is 3.56. The summed E-state index contributed by atoms with van der Waals surface area (Å²) in [5.74, 6) is -0.208. The summed E-state index contributed by atoms with van der Waals surface area (Å²) in [6, 6.07) is 0. The second-order valence-electron chi connectivity index (χ2n) is 2.25. The van der Waals surface area contributed by atoms with Crippen LogP contribution in [0.25, 0.3) is 0 Å². The number of rotatable bonds is 2. The fourth-order valence-corrected chi connectivity index (χ4v) is 0.999. The highest BCUT2D eigenvalue weighted by Crippen LogP contribution is 2.12. The van der Waals surface area contributed by atoms with Gasteiger partial charge in [-0.05, 0) is 19.8 Å². The van der Waals surface area contributed by atoms with Gasteiger partial charge in [0.1, 0.15) is 0 Å². The predicted molar refractivity (Wildman–Crippen MR) is 35.6 cm³/mol. The molecule has 1 heterocycles. The van der Waals surface area contributed by atoms with E-state index in [-0.39, 0.29) is 12.1 Å². The van der Waals surface area contributed by atoms with Gasteiger partial charge in [-0.1, -0.05) is 0 Å². The number of carbonyl (C=O) groups excluding carboxylic acids is 1. The molecule has 0 spiro atoms. The first-order valence-corrected chi connectivity index (χ1v) is 3.63. The molecular weight excluding hydrogens is 132 g/mol. The fraction of sp³-hybridized carbons (Fsp3) is 0.857. The Morgan fingerprint density at radius 3 is 3.10 bits per heavy atom. The lowest BCUT2D eigenvalue weighted by Gasteiger charge is -2.06. The van der Waals surface area contributed by atoms with Crippen molar-refractivity contribution < 1.29 is 14.3 Å². The van der Waals surface area contributed by atoms with E-state index in [0.29, 0.717) is 13.2 Å². The van der Waals surface area contributed by atoms with Crippen LogP contribution in [0.3, 0.4) is 0 Å². The Morgan fingerprint density at radius 2 is 2.60 bits per heavy atom. The summed E-state index contributed by atoms with van der Waals surface area (Å²) in [6.45, 7) is 2.94. The zero-order valence-electron chi connectivity index (χ0n) is 6.13. The smallest absolute Gasteiger partial charge is 0.335 e. The number of hydrogen-bond acceptors (Lipinski definition) is 3. The first kappa shape index (κ1) is 7.54. The Bertz CT molecular complexity index is 116. The minimum absolute atomic E-state index is 0.208. The van der Waals surface area contributed by atoms with Crippen molar-refractivity contribution in [3.63, 3.8) is 0 Å². The molecule has 0 aromatic carbocycles. The summed E-state index contributed by atoms with van der Waals surface area (Å²) in [5.41, 5.74) is 0. The Balaban J connectivity index is 2.25. The lowest BCUT2D eigenvalue weighted by Crippen LogP contribution is -2.21. The van der Waals surface area contributed by atoms with Crippen LogP contribution in [-0.4, -0.2) is 25.3 Å². The first-order chi connectivity index (χ1) is 4.84. The van der Waals surface area contributed by atoms with Gasteiger partial charge < -0.3 is 9.47 Å². The highest BCUT2D eigenvalue weighted by atomic mass is 16.6. The molecule has 0 bridgehead atoms. The van der Waals surface area contributed by atoms with Crippen molar-refractivity contribution in [3.05, 3.63) is 0 Å². The van der Waals surface area contributed by atoms with E-state index >= 15 is 0 Å². The molecule has 0 unspecified atom stereocenters. The third kappa shape index (κ3) is 1.70. The highest BCUT2D eigenvalue weighted by Gasteiger charge is 2.24. The zero-order valence-corrected chi connectivity index (χ0v) is 6.13. The van der Waals surface area contributed by atoms with Gasteiger partial charge in [0.2, 0.25) is 0 Å². The molecule has 58 valence electrons. The van der Waals surface area contributed by atoms with Crippen molar-refractivity contribution in [1.82, 2.24) is 0 Å². The molecule has 1 fully saturated rings. The van der Waals surface area contributed by atoms with Crippen molar-refractivity contribution in [2.75, 3.05) is 13.2 Å². The lowest BCUT2D eigenvalue weighted by atomic mass is 10.2. The van der Waals surface area contributed by atoms with Crippen molar-refractivity contribution in [2.45, 2.75) is 25.9 Å². The Labute approximate surface area is 60.3 Å². The summed E-state index contributed by atoms with van der Waals surface area (Å²) in [7, 11) is 0. The van der Waals surface area contributed by atoms with Crippen LogP contribution in [0.2, 0.25) is 0 Å². The van der Waals surface area contributed by atoms with Gasteiger partial charge in [0.05, 0.1) is 6.61 Å². The summed E-state index contributed by atoms with van der Waals surface area (Å²) < 4.78 is 9.85. The average Bonchev–Trinajstić information content (AvgIpc) is 2.38. The molecule has 0 aromatic rings. The third-order valence-electron chi connectivity index (χ3n) is 1.48. The molecular formula is C7H12O3. The Morgan fingerprint density at radius 1 is 1.80 bits per heavy atom. The van der Waals surface area contributed by atoms with E-state index in [1.807, 2.05) is 0 Å². The lowest BCUT2D eigenvalue weighted by molar-refractivity contribution is -0.153. The maximum Gasteiger partial charge on any atom is 0.335 e. The topological polar surface area (TPSA) is 35.5 Å². The van der Waals surface area contributed by atoms with Crippen molar-refractivity contribution in [3.8, 4) is 0 Å². The maximum atomic E-state index is 10.9. The molecule has 3 heteroatoms. The molecule has 1 saturated heterocycles. The van der Waals surface area contributed by atoms with Crippen LogP contribution in [-0.2, 0) is 14.3 Å². The van der Waals surface area contributed by atoms with Gasteiger partial charge in [-0.2, -0.15) is 0 Å². The molecule has 1 rings (SSSR count). The number of carbonyl (C=O) groups is 1. The van der Waals surface area contributed by atoms with Gasteiger partial charge in [0.25, 0.3) is 0 Å². The highest BCUT2D eigenvalue weighted by molar-refractivity contribution is 5.74. The minimum Gasteiger partial charge on any atom is -0.464 e. The van der Waals surface area contributed by atoms with E-state index in [1.165, 1.54) is 0 Å². The normalized spacial score (nSPS) is 24.7. The first-order valence-electron chi connectivity index (χ1n) is 3.63. The van der Waals surface area contributed by atoms with Crippen LogP contribution in [0.1, 0.15) is 19.8 Å². The standard InChI is InChI=1S/C7H12O3/c1-2-9-7(8)6-4-3-5-10-6/h6H,2-5H2,1H3/t6-/m0/s1. The SMILES string of the molecule is CCOC(=O)[C@@H]1CCCO1. The second-order valence-corrected chi connectivity index (χ2v) is 2.25. The van der Waals surface area contributed by atoms with Gasteiger partial charge >= 0.3 is 5.97 Å². The van der Waals surface area contributed by atoms with Gasteiger partial charge in [-0.25, -0.2) is 4.79 Å². The summed E-state index contributed by atoms with van der Waals surface area (Å²) >= 11 is 0. The summed E-state index contributed by atoms with van der Waals surface area (Å²) in [6.07, 6.45) is 1.52. The predicted octanol–water partition coefficient (Wildman–Crippen LogP) is 0.728. The molecule has 0 amide bonds. The van der Waals surface area contributed by atoms with Crippen LogP contribution >= 0.6 is 0 Å². The van der Waals surface area contributed by atoms with E-state index in [1.54, 1.807) is 6.92 Å². The molecule has 0 N–H and O–H groups in total. The van der Waals surface area contributed by atoms with E-state index in [4.69, 9.17) is 9.47 Å². The molecule has 1 aliphatic heterocycles. The fourth-order valence-electron chi connectivity index (χ4n) is 0.999. The molecule has 10 heavy (non-hydrogen) atoms. The van der Waals surface area contributed by atoms with Gasteiger partial charge in [0.15, 0.2) is 6.10 Å². The molecule has 0 aliphatic carbocycles. The largest absolute Gasteiger partial charge is 0.464 e. The van der Waals surface area contributed by atoms with E-state index < -0.39 is 0 Å². The van der Waals surface area contributed by atoms with E-state index in [9.17, 15) is 4.79 Å². The summed E-state index contributed by atoms with van der Waals surface area (Å²) in [5, 5.41) is 0. The third-order valence-corrected chi connectivity index (χ3v) is 1.48. The average molecular weight is 144 g/mol. The molecule has 1 aliphatic rings.